The highest BCUT2D eigenvalue weighted by Crippen LogP contribution is 2.58. The van der Waals surface area contributed by atoms with E-state index in [9.17, 15) is 19.2 Å². The summed E-state index contributed by atoms with van der Waals surface area (Å²) in [5.74, 6) is -4.54. The summed E-state index contributed by atoms with van der Waals surface area (Å²) >= 11 is 6.07. The van der Waals surface area contributed by atoms with E-state index < -0.39 is 46.9 Å². The van der Waals surface area contributed by atoms with Crippen LogP contribution in [0.5, 0.6) is 0 Å². The SMILES string of the molecule is Cc1cccc(N2C(=O)[C@@H]3[C@@H](c4ccc(Cl)cc4)OC4(C(=O)c5ccccc5C4=O)[C@@H]3C2=O)c1C. The Morgan fingerprint density at radius 2 is 1.43 bits per heavy atom. The predicted octanol–water partition coefficient (Wildman–Crippen LogP) is 4.65. The molecule has 2 heterocycles. The van der Waals surface area contributed by atoms with E-state index in [0.717, 1.165) is 16.0 Å². The molecule has 0 radical (unpaired) electrons. The highest BCUT2D eigenvalue weighted by Gasteiger charge is 2.74. The van der Waals surface area contributed by atoms with Crippen LogP contribution in [0.15, 0.2) is 66.7 Å². The van der Waals surface area contributed by atoms with Gasteiger partial charge in [0.05, 0.1) is 23.6 Å². The standard InChI is InChI=1S/C28H20ClNO5/c1-14-6-5-9-20(15(14)2)30-26(33)21-22(27(30)34)28(35-23(21)16-10-12-17(29)13-11-16)24(31)18-7-3-4-8-19(18)25(28)32/h3-13,21-23H,1-2H3/t21-,22-,23+/m0/s1. The number of hydrogen-bond acceptors (Lipinski definition) is 5. The topological polar surface area (TPSA) is 80.8 Å². The second kappa shape index (κ2) is 7.44. The predicted molar refractivity (Wildman–Crippen MR) is 129 cm³/mol. The van der Waals surface area contributed by atoms with Gasteiger partial charge in [0.25, 0.3) is 0 Å². The molecule has 0 N–H and O–H groups in total. The van der Waals surface area contributed by atoms with Crippen LogP contribution in [0.25, 0.3) is 0 Å². The van der Waals surface area contributed by atoms with E-state index in [4.69, 9.17) is 16.3 Å². The van der Waals surface area contributed by atoms with Gasteiger partial charge in [0.15, 0.2) is 0 Å². The lowest BCUT2D eigenvalue weighted by atomic mass is 9.77. The lowest BCUT2D eigenvalue weighted by molar-refractivity contribution is -0.127. The van der Waals surface area contributed by atoms with Gasteiger partial charge in [-0.2, -0.15) is 0 Å². The van der Waals surface area contributed by atoms with Gasteiger partial charge in [-0.15, -0.1) is 0 Å². The number of ether oxygens (including phenoxy) is 1. The third-order valence-electron chi connectivity index (χ3n) is 7.53. The summed E-state index contributed by atoms with van der Waals surface area (Å²) in [5, 5.41) is 0.490. The van der Waals surface area contributed by atoms with Crippen LogP contribution in [0, 0.1) is 25.7 Å². The van der Waals surface area contributed by atoms with Crippen LogP contribution < -0.4 is 4.90 Å². The maximum Gasteiger partial charge on any atom is 0.241 e. The lowest BCUT2D eigenvalue weighted by Gasteiger charge is -2.28. The fourth-order valence-electron chi connectivity index (χ4n) is 5.69. The largest absolute Gasteiger partial charge is 0.349 e. The molecule has 35 heavy (non-hydrogen) atoms. The van der Waals surface area contributed by atoms with E-state index in [2.05, 4.69) is 0 Å². The van der Waals surface area contributed by atoms with Crippen molar-refractivity contribution in [3.8, 4) is 0 Å². The van der Waals surface area contributed by atoms with Crippen molar-refractivity contribution in [3.05, 3.63) is 99.6 Å². The van der Waals surface area contributed by atoms with Gasteiger partial charge in [0.2, 0.25) is 29.0 Å². The van der Waals surface area contributed by atoms with E-state index in [1.807, 2.05) is 19.9 Å². The van der Waals surface area contributed by atoms with Crippen LogP contribution >= 0.6 is 11.6 Å². The minimum atomic E-state index is -2.09. The summed E-state index contributed by atoms with van der Waals surface area (Å²) in [7, 11) is 0. The van der Waals surface area contributed by atoms with E-state index in [1.54, 1.807) is 60.7 Å². The molecule has 2 aliphatic heterocycles. The summed E-state index contributed by atoms with van der Waals surface area (Å²) in [6.07, 6.45) is -0.967. The number of hydrogen-bond donors (Lipinski definition) is 0. The molecule has 1 aliphatic carbocycles. The third-order valence-corrected chi connectivity index (χ3v) is 7.79. The number of carbonyl (C=O) groups is 4. The molecule has 7 heteroatoms. The number of ketones is 2. The maximum absolute atomic E-state index is 14.0. The Morgan fingerprint density at radius 1 is 0.800 bits per heavy atom. The van der Waals surface area contributed by atoms with Gasteiger partial charge < -0.3 is 4.74 Å². The van der Waals surface area contributed by atoms with Gasteiger partial charge in [-0.05, 0) is 48.7 Å². The highest BCUT2D eigenvalue weighted by atomic mass is 35.5. The molecule has 2 amide bonds. The number of benzene rings is 3. The average molecular weight is 486 g/mol. The first-order valence-corrected chi connectivity index (χ1v) is 11.7. The summed E-state index contributed by atoms with van der Waals surface area (Å²) in [4.78, 5) is 56.6. The second-order valence-electron chi connectivity index (χ2n) is 9.26. The van der Waals surface area contributed by atoms with Gasteiger partial charge in [0, 0.05) is 16.1 Å². The quantitative estimate of drug-likeness (QED) is 0.390. The van der Waals surface area contributed by atoms with Gasteiger partial charge in [-0.3, -0.25) is 19.2 Å². The van der Waals surface area contributed by atoms with Crippen molar-refractivity contribution in [2.24, 2.45) is 11.8 Å². The molecule has 3 atom stereocenters. The van der Waals surface area contributed by atoms with Crippen LogP contribution in [-0.2, 0) is 14.3 Å². The molecule has 3 aromatic carbocycles. The minimum Gasteiger partial charge on any atom is -0.349 e. The summed E-state index contributed by atoms with van der Waals surface area (Å²) in [5.41, 5.74) is 1.05. The fraction of sp³-hybridized carbons (Fsp3) is 0.214. The average Bonchev–Trinajstić information content (AvgIpc) is 3.42. The van der Waals surface area contributed by atoms with Crippen molar-refractivity contribution in [1.29, 1.82) is 0 Å². The lowest BCUT2D eigenvalue weighted by Crippen LogP contribution is -2.51. The molecular weight excluding hydrogens is 466 g/mol. The summed E-state index contributed by atoms with van der Waals surface area (Å²) < 4.78 is 6.28. The number of imide groups is 1. The Kier molecular flexibility index (Phi) is 4.66. The Hall–Kier alpha value is -3.61. The smallest absolute Gasteiger partial charge is 0.241 e. The Labute approximate surface area is 206 Å². The first-order valence-electron chi connectivity index (χ1n) is 11.3. The molecule has 6 nitrogen and oxygen atoms in total. The van der Waals surface area contributed by atoms with Crippen molar-refractivity contribution in [2.45, 2.75) is 25.6 Å². The summed E-state index contributed by atoms with van der Waals surface area (Å²) in [6, 6.07) is 18.5. The zero-order valence-electron chi connectivity index (χ0n) is 18.9. The van der Waals surface area contributed by atoms with Crippen LogP contribution in [0.4, 0.5) is 5.69 Å². The third kappa shape index (κ3) is 2.75. The number of Topliss-reactive ketones (excluding diaryl/α,β-unsaturated/α-hetero) is 2. The number of amides is 2. The van der Waals surface area contributed by atoms with Gasteiger partial charge >= 0.3 is 0 Å². The molecule has 3 aliphatic rings. The zero-order valence-corrected chi connectivity index (χ0v) is 19.7. The van der Waals surface area contributed by atoms with E-state index >= 15 is 0 Å². The molecule has 3 aromatic rings. The molecule has 0 saturated carbocycles. The van der Waals surface area contributed by atoms with Crippen molar-refractivity contribution in [2.75, 3.05) is 4.90 Å². The summed E-state index contributed by atoms with van der Waals surface area (Å²) in [6.45, 7) is 3.73. The van der Waals surface area contributed by atoms with Gasteiger partial charge in [-0.25, -0.2) is 4.90 Å². The molecule has 174 valence electrons. The fourth-order valence-corrected chi connectivity index (χ4v) is 5.81. The van der Waals surface area contributed by atoms with Crippen molar-refractivity contribution < 1.29 is 23.9 Å². The van der Waals surface area contributed by atoms with E-state index in [-0.39, 0.29) is 11.1 Å². The Bertz CT molecular complexity index is 1430. The first-order chi connectivity index (χ1) is 16.8. The van der Waals surface area contributed by atoms with Crippen molar-refractivity contribution in [1.82, 2.24) is 0 Å². The minimum absolute atomic E-state index is 0.207. The van der Waals surface area contributed by atoms with Crippen LogP contribution in [0.2, 0.25) is 5.02 Å². The van der Waals surface area contributed by atoms with Crippen LogP contribution in [0.1, 0.15) is 43.5 Å². The molecule has 6 rings (SSSR count). The second-order valence-corrected chi connectivity index (χ2v) is 9.70. The molecule has 1 spiro atoms. The number of fused-ring (bicyclic) bond motifs is 3. The Balaban J connectivity index is 1.56. The van der Waals surface area contributed by atoms with Crippen LogP contribution in [-0.4, -0.2) is 29.0 Å². The Morgan fingerprint density at radius 3 is 2.06 bits per heavy atom. The highest BCUT2D eigenvalue weighted by molar-refractivity contribution is 6.37. The molecule has 0 aromatic heterocycles. The van der Waals surface area contributed by atoms with Crippen LogP contribution in [0.3, 0.4) is 0 Å². The number of nitrogens with zero attached hydrogens (tertiary/aromatic N) is 1. The molecule has 2 fully saturated rings. The first kappa shape index (κ1) is 21.9. The molecule has 0 bridgehead atoms. The zero-order chi connectivity index (χ0) is 24.6. The molecular formula is C28H20ClNO5. The number of carbonyl (C=O) groups excluding carboxylic acids is 4. The number of rotatable bonds is 2. The number of anilines is 1. The number of halogens is 1. The van der Waals surface area contributed by atoms with E-state index in [0.29, 0.717) is 16.3 Å². The molecule has 0 unspecified atom stereocenters. The molecule has 2 saturated heterocycles. The van der Waals surface area contributed by atoms with Crippen molar-refractivity contribution in [3.63, 3.8) is 0 Å². The monoisotopic (exact) mass is 485 g/mol. The van der Waals surface area contributed by atoms with Gasteiger partial charge in [0.1, 0.15) is 0 Å². The van der Waals surface area contributed by atoms with Crippen molar-refractivity contribution >= 4 is 40.7 Å². The van der Waals surface area contributed by atoms with Gasteiger partial charge in [-0.1, -0.05) is 60.1 Å². The number of aryl methyl sites for hydroxylation is 1. The maximum atomic E-state index is 14.0. The normalized spacial score (nSPS) is 24.4. The van der Waals surface area contributed by atoms with E-state index in [1.165, 1.54) is 0 Å².